The monoisotopic (exact) mass is 253 g/mol. The lowest BCUT2D eigenvalue weighted by atomic mass is 9.64. The van der Waals surface area contributed by atoms with E-state index in [1.54, 1.807) is 0 Å². The van der Waals surface area contributed by atoms with Gasteiger partial charge in [0.15, 0.2) is 0 Å². The van der Waals surface area contributed by atoms with Gasteiger partial charge in [0.05, 0.1) is 6.10 Å². The van der Waals surface area contributed by atoms with Gasteiger partial charge in [-0.15, -0.1) is 0 Å². The topological polar surface area (TPSA) is 49.3 Å². The maximum absolute atomic E-state index is 11.9. The molecule has 2 saturated carbocycles. The molecule has 2 fully saturated rings. The molecule has 2 aliphatic carbocycles. The van der Waals surface area contributed by atoms with E-state index in [0.29, 0.717) is 12.8 Å². The van der Waals surface area contributed by atoms with Crippen LogP contribution in [0.2, 0.25) is 0 Å². The van der Waals surface area contributed by atoms with Crippen LogP contribution in [0.25, 0.3) is 0 Å². The third-order valence-electron chi connectivity index (χ3n) is 5.06. The van der Waals surface area contributed by atoms with Crippen LogP contribution in [0.3, 0.4) is 0 Å². The first-order chi connectivity index (χ1) is 8.50. The molecule has 0 aliphatic heterocycles. The Morgan fingerprint density at radius 1 is 1.28 bits per heavy atom. The summed E-state index contributed by atoms with van der Waals surface area (Å²) >= 11 is 0. The molecule has 0 saturated heterocycles. The third-order valence-corrected chi connectivity index (χ3v) is 5.06. The minimum absolute atomic E-state index is 0.152. The van der Waals surface area contributed by atoms with Crippen LogP contribution in [-0.2, 0) is 4.79 Å². The van der Waals surface area contributed by atoms with Crippen molar-refractivity contribution < 1.29 is 9.90 Å². The number of amides is 1. The number of aliphatic hydroxyl groups is 1. The highest BCUT2D eigenvalue weighted by Crippen LogP contribution is 2.40. The van der Waals surface area contributed by atoms with Crippen molar-refractivity contribution in [3.8, 4) is 0 Å². The van der Waals surface area contributed by atoms with Gasteiger partial charge in [0.2, 0.25) is 5.91 Å². The fourth-order valence-electron chi connectivity index (χ4n) is 3.22. The van der Waals surface area contributed by atoms with Gasteiger partial charge in [0, 0.05) is 17.9 Å². The van der Waals surface area contributed by atoms with E-state index in [-0.39, 0.29) is 23.5 Å². The van der Waals surface area contributed by atoms with Gasteiger partial charge in [0.1, 0.15) is 0 Å². The number of aliphatic hydroxyl groups excluding tert-OH is 1. The van der Waals surface area contributed by atoms with E-state index in [1.165, 1.54) is 32.1 Å². The number of carbonyl (C=O) groups is 1. The van der Waals surface area contributed by atoms with Crippen LogP contribution in [0.5, 0.6) is 0 Å². The first kappa shape index (κ1) is 13.9. The second-order valence-corrected chi connectivity index (χ2v) is 6.74. The standard InChI is InChI=1S/C15H27NO2/c1-15(2)12(10-13(15)17)16-14(18)9-8-11-6-4-3-5-7-11/h11-13,17H,3-10H2,1-2H3,(H,16,18). The van der Waals surface area contributed by atoms with Crippen LogP contribution in [0, 0.1) is 11.3 Å². The summed E-state index contributed by atoms with van der Waals surface area (Å²) in [5.74, 6) is 0.940. The van der Waals surface area contributed by atoms with Gasteiger partial charge in [0.25, 0.3) is 0 Å². The van der Waals surface area contributed by atoms with E-state index in [4.69, 9.17) is 0 Å². The molecule has 2 aliphatic rings. The minimum atomic E-state index is -0.263. The first-order valence-corrected chi connectivity index (χ1v) is 7.47. The predicted molar refractivity (Wildman–Crippen MR) is 72.1 cm³/mol. The Kier molecular flexibility index (Phi) is 4.31. The lowest BCUT2D eigenvalue weighted by Gasteiger charge is -2.49. The summed E-state index contributed by atoms with van der Waals surface area (Å²) in [4.78, 5) is 11.9. The normalized spacial score (nSPS) is 31.7. The maximum atomic E-state index is 11.9. The van der Waals surface area contributed by atoms with Crippen LogP contribution >= 0.6 is 0 Å². The zero-order valence-electron chi connectivity index (χ0n) is 11.7. The van der Waals surface area contributed by atoms with Gasteiger partial charge in [-0.1, -0.05) is 46.0 Å². The van der Waals surface area contributed by atoms with Gasteiger partial charge in [-0.2, -0.15) is 0 Å². The van der Waals surface area contributed by atoms with Crippen LogP contribution in [0.1, 0.15) is 65.2 Å². The van der Waals surface area contributed by atoms with E-state index in [9.17, 15) is 9.90 Å². The van der Waals surface area contributed by atoms with Gasteiger partial charge >= 0.3 is 0 Å². The van der Waals surface area contributed by atoms with Gasteiger partial charge in [-0.3, -0.25) is 4.79 Å². The molecule has 3 heteroatoms. The molecule has 0 spiro atoms. The molecule has 0 radical (unpaired) electrons. The summed E-state index contributed by atoms with van der Waals surface area (Å²) in [5.41, 5.74) is -0.152. The van der Waals surface area contributed by atoms with E-state index in [2.05, 4.69) is 5.32 Å². The molecule has 0 aromatic carbocycles. The van der Waals surface area contributed by atoms with E-state index in [1.807, 2.05) is 13.8 Å². The van der Waals surface area contributed by atoms with Crippen molar-refractivity contribution in [1.82, 2.24) is 5.32 Å². The molecule has 0 heterocycles. The number of hydrogen-bond acceptors (Lipinski definition) is 2. The van der Waals surface area contributed by atoms with Gasteiger partial charge in [-0.05, 0) is 18.8 Å². The summed E-state index contributed by atoms with van der Waals surface area (Å²) in [5, 5.41) is 12.7. The zero-order valence-corrected chi connectivity index (χ0v) is 11.7. The van der Waals surface area contributed by atoms with E-state index < -0.39 is 0 Å². The Labute approximate surface area is 110 Å². The van der Waals surface area contributed by atoms with Crippen molar-refractivity contribution in [2.24, 2.45) is 11.3 Å². The maximum Gasteiger partial charge on any atom is 0.220 e. The summed E-state index contributed by atoms with van der Waals surface area (Å²) in [7, 11) is 0. The summed E-state index contributed by atoms with van der Waals surface area (Å²) < 4.78 is 0. The average Bonchev–Trinajstić information content (AvgIpc) is 2.37. The van der Waals surface area contributed by atoms with Crippen LogP contribution in [0.4, 0.5) is 0 Å². The molecule has 18 heavy (non-hydrogen) atoms. The molecule has 2 atom stereocenters. The number of hydrogen-bond donors (Lipinski definition) is 2. The molecule has 0 bridgehead atoms. The lowest BCUT2D eigenvalue weighted by Crippen LogP contribution is -2.61. The molecule has 3 nitrogen and oxygen atoms in total. The molecule has 0 aromatic rings. The largest absolute Gasteiger partial charge is 0.392 e. The van der Waals surface area contributed by atoms with Crippen molar-refractivity contribution in [3.05, 3.63) is 0 Å². The molecule has 2 rings (SSSR count). The zero-order chi connectivity index (χ0) is 13.2. The van der Waals surface area contributed by atoms with Crippen molar-refractivity contribution >= 4 is 5.91 Å². The molecule has 2 unspecified atom stereocenters. The Bertz CT molecular complexity index is 295. The van der Waals surface area contributed by atoms with Gasteiger partial charge in [-0.25, -0.2) is 0 Å². The predicted octanol–water partition coefficient (Wildman–Crippen LogP) is 2.62. The Balaban J connectivity index is 1.66. The van der Waals surface area contributed by atoms with Crippen molar-refractivity contribution in [1.29, 1.82) is 0 Å². The Morgan fingerprint density at radius 2 is 1.94 bits per heavy atom. The second-order valence-electron chi connectivity index (χ2n) is 6.74. The van der Waals surface area contributed by atoms with Gasteiger partial charge < -0.3 is 10.4 Å². The molecular formula is C15H27NO2. The molecule has 104 valence electrons. The SMILES string of the molecule is CC1(C)C(O)CC1NC(=O)CCC1CCCCC1. The number of rotatable bonds is 4. The molecule has 2 N–H and O–H groups in total. The third kappa shape index (κ3) is 3.05. The highest BCUT2D eigenvalue weighted by Gasteiger charge is 2.47. The Hall–Kier alpha value is -0.570. The van der Waals surface area contributed by atoms with Crippen molar-refractivity contribution in [2.75, 3.05) is 0 Å². The number of carbonyl (C=O) groups excluding carboxylic acids is 1. The fraction of sp³-hybridized carbons (Fsp3) is 0.933. The first-order valence-electron chi connectivity index (χ1n) is 7.47. The number of nitrogens with one attached hydrogen (secondary N) is 1. The fourth-order valence-corrected chi connectivity index (χ4v) is 3.22. The molecular weight excluding hydrogens is 226 g/mol. The van der Waals surface area contributed by atoms with Crippen LogP contribution < -0.4 is 5.32 Å². The highest BCUT2D eigenvalue weighted by atomic mass is 16.3. The Morgan fingerprint density at radius 3 is 2.50 bits per heavy atom. The summed E-state index contributed by atoms with van der Waals surface area (Å²) in [6.45, 7) is 4.04. The van der Waals surface area contributed by atoms with E-state index >= 15 is 0 Å². The lowest BCUT2D eigenvalue weighted by molar-refractivity contribution is -0.129. The molecule has 0 aromatic heterocycles. The minimum Gasteiger partial charge on any atom is -0.392 e. The quantitative estimate of drug-likeness (QED) is 0.809. The van der Waals surface area contributed by atoms with Crippen LogP contribution in [-0.4, -0.2) is 23.2 Å². The second kappa shape index (κ2) is 5.60. The van der Waals surface area contributed by atoms with Crippen molar-refractivity contribution in [3.63, 3.8) is 0 Å². The average molecular weight is 253 g/mol. The summed E-state index contributed by atoms with van der Waals surface area (Å²) in [6.07, 6.45) is 8.82. The van der Waals surface area contributed by atoms with E-state index in [0.717, 1.165) is 12.3 Å². The summed E-state index contributed by atoms with van der Waals surface area (Å²) in [6, 6.07) is 0.159. The van der Waals surface area contributed by atoms with Crippen LogP contribution in [0.15, 0.2) is 0 Å². The molecule has 1 amide bonds. The smallest absolute Gasteiger partial charge is 0.220 e. The highest BCUT2D eigenvalue weighted by molar-refractivity contribution is 5.76. The van der Waals surface area contributed by atoms with Crippen molar-refractivity contribution in [2.45, 2.75) is 77.4 Å².